The molecule has 4 unspecified atom stereocenters. The predicted octanol–water partition coefficient (Wildman–Crippen LogP) is 7.96. The van der Waals surface area contributed by atoms with Crippen LogP contribution in [0.25, 0.3) is 0 Å². The van der Waals surface area contributed by atoms with E-state index in [2.05, 4.69) is 48.1 Å². The quantitative estimate of drug-likeness (QED) is 0.316. The van der Waals surface area contributed by atoms with E-state index >= 15 is 0 Å². The molecule has 0 aliphatic heterocycles. The van der Waals surface area contributed by atoms with Crippen LogP contribution in [-0.4, -0.2) is 23.8 Å². The molecule has 0 heterocycles. The molecule has 0 aromatic rings. The zero-order chi connectivity index (χ0) is 26.3. The zero-order valence-corrected chi connectivity index (χ0v) is 24.4. The van der Waals surface area contributed by atoms with E-state index in [9.17, 15) is 9.90 Å². The summed E-state index contributed by atoms with van der Waals surface area (Å²) >= 11 is 0. The van der Waals surface area contributed by atoms with Crippen molar-refractivity contribution < 1.29 is 14.6 Å². The number of ether oxygens (including phenoxy) is 1. The molecule has 0 aromatic carbocycles. The van der Waals surface area contributed by atoms with Gasteiger partial charge >= 0.3 is 5.97 Å². The van der Waals surface area contributed by atoms with Crippen molar-refractivity contribution in [2.24, 2.45) is 56.7 Å². The first-order valence-corrected chi connectivity index (χ1v) is 15.2. The van der Waals surface area contributed by atoms with Crippen LogP contribution >= 0.6 is 0 Å². The summed E-state index contributed by atoms with van der Waals surface area (Å²) in [4.78, 5) is 12.3. The van der Waals surface area contributed by atoms with Gasteiger partial charge in [0.2, 0.25) is 0 Å². The number of fused-ring (bicyclic) bond motifs is 7. The van der Waals surface area contributed by atoms with Crippen LogP contribution in [0.2, 0.25) is 0 Å². The van der Waals surface area contributed by atoms with Crippen LogP contribution in [0.3, 0.4) is 0 Å². The average Bonchev–Trinajstić information content (AvgIpc) is 3.19. The lowest BCUT2D eigenvalue weighted by Crippen LogP contribution is -2.66. The molecule has 0 amide bonds. The molecule has 0 spiro atoms. The van der Waals surface area contributed by atoms with Gasteiger partial charge in [-0.05, 0) is 128 Å². The number of carbonyl (C=O) groups excluding carboxylic acids is 1. The fourth-order valence-corrected chi connectivity index (χ4v) is 12.1. The largest absolute Gasteiger partial charge is 0.462 e. The number of hydrogen-bond donors (Lipinski definition) is 1. The van der Waals surface area contributed by atoms with Crippen molar-refractivity contribution in [1.29, 1.82) is 0 Å². The van der Waals surface area contributed by atoms with Gasteiger partial charge in [0, 0.05) is 13.0 Å². The Labute approximate surface area is 221 Å². The predicted molar refractivity (Wildman–Crippen MR) is 146 cm³/mol. The molecule has 10 atom stereocenters. The summed E-state index contributed by atoms with van der Waals surface area (Å²) in [5.41, 5.74) is 2.44. The van der Waals surface area contributed by atoms with E-state index in [0.29, 0.717) is 48.0 Å². The molecule has 0 saturated heterocycles. The third-order valence-electron chi connectivity index (χ3n) is 13.8. The van der Waals surface area contributed by atoms with Crippen molar-refractivity contribution in [1.82, 2.24) is 0 Å². The van der Waals surface area contributed by atoms with Crippen molar-refractivity contribution in [3.8, 4) is 0 Å². The van der Waals surface area contributed by atoms with Gasteiger partial charge in [-0.1, -0.05) is 53.7 Å². The van der Waals surface area contributed by atoms with Gasteiger partial charge in [-0.15, -0.1) is 0 Å². The smallest absolute Gasteiger partial charge is 0.305 e. The molecule has 36 heavy (non-hydrogen) atoms. The molecule has 0 radical (unpaired) electrons. The van der Waals surface area contributed by atoms with Gasteiger partial charge < -0.3 is 9.84 Å². The Bertz CT molecular complexity index is 907. The van der Waals surface area contributed by atoms with E-state index in [0.717, 1.165) is 12.8 Å². The minimum atomic E-state index is -0.0354. The normalized spacial score (nSPS) is 51.3. The number of aliphatic hydroxyl groups excluding tert-OH is 1. The van der Waals surface area contributed by atoms with E-state index in [4.69, 9.17) is 4.74 Å². The number of hydrogen-bond acceptors (Lipinski definition) is 3. The van der Waals surface area contributed by atoms with Crippen molar-refractivity contribution in [2.75, 3.05) is 6.61 Å². The number of allylic oxidation sites excluding steroid dienone is 1. The number of esters is 1. The molecule has 5 fully saturated rings. The highest BCUT2D eigenvalue weighted by atomic mass is 16.5. The molecular formula is C33H54O3. The average molecular weight is 499 g/mol. The lowest BCUT2D eigenvalue weighted by Gasteiger charge is -2.73. The summed E-state index contributed by atoms with van der Waals surface area (Å²) in [5, 5.41) is 10.7. The first-order chi connectivity index (χ1) is 16.8. The van der Waals surface area contributed by atoms with Gasteiger partial charge in [0.1, 0.15) is 6.10 Å². The molecule has 5 aliphatic rings. The number of carbonyl (C=O) groups is 1. The third kappa shape index (κ3) is 3.49. The maximum absolute atomic E-state index is 12.3. The molecule has 3 nitrogen and oxygen atoms in total. The molecule has 1 N–H and O–H groups in total. The summed E-state index contributed by atoms with van der Waals surface area (Å²) in [6.07, 6.45) is 12.6. The van der Waals surface area contributed by atoms with Crippen molar-refractivity contribution in [3.05, 3.63) is 12.2 Å². The molecule has 3 heteroatoms. The molecule has 0 bridgehead atoms. The highest BCUT2D eigenvalue weighted by Gasteiger charge is 2.70. The zero-order valence-electron chi connectivity index (χ0n) is 24.4. The van der Waals surface area contributed by atoms with Crippen LogP contribution in [-0.2, 0) is 9.53 Å². The highest BCUT2D eigenvalue weighted by Crippen LogP contribution is 2.77. The molecule has 204 valence electrons. The van der Waals surface area contributed by atoms with Crippen molar-refractivity contribution in [2.45, 2.75) is 125 Å². The minimum absolute atomic E-state index is 0.0354. The number of aliphatic hydroxyl groups is 1. The van der Waals surface area contributed by atoms with Gasteiger partial charge in [-0.3, -0.25) is 4.79 Å². The second-order valence-electron chi connectivity index (χ2n) is 15.6. The van der Waals surface area contributed by atoms with Crippen LogP contribution in [0.4, 0.5) is 0 Å². The van der Waals surface area contributed by atoms with Gasteiger partial charge in [0.15, 0.2) is 0 Å². The van der Waals surface area contributed by atoms with Crippen LogP contribution in [0, 0.1) is 56.7 Å². The first kappa shape index (κ1) is 26.8. The lowest BCUT2D eigenvalue weighted by molar-refractivity contribution is -0.248. The molecular weight excluding hydrogens is 444 g/mol. The van der Waals surface area contributed by atoms with E-state index in [1.54, 1.807) is 0 Å². The van der Waals surface area contributed by atoms with Crippen molar-refractivity contribution >= 4 is 5.97 Å². The Balaban J connectivity index is 1.52. The van der Waals surface area contributed by atoms with E-state index < -0.39 is 0 Å². The van der Waals surface area contributed by atoms with E-state index in [1.165, 1.54) is 56.9 Å². The minimum Gasteiger partial charge on any atom is -0.462 e. The summed E-state index contributed by atoms with van der Waals surface area (Å²) in [7, 11) is 0. The fraction of sp³-hybridized carbons (Fsp3) is 0.909. The van der Waals surface area contributed by atoms with E-state index in [-0.39, 0.29) is 33.7 Å². The second kappa shape index (κ2) is 8.59. The topological polar surface area (TPSA) is 46.5 Å². The maximum Gasteiger partial charge on any atom is 0.305 e. The summed E-state index contributed by atoms with van der Waals surface area (Å²) in [6, 6.07) is 0. The number of rotatable bonds is 4. The SMILES string of the molecule is C=C(C)[C@@H]1CC[C@]2(CO)CC[C@]3(C)C(CCC4[C@@]5(C)C[C@H](OC(=O)CC)CC(C)(C)C5CC[C@]43C)C12. The monoisotopic (exact) mass is 498 g/mol. The maximum atomic E-state index is 12.3. The Morgan fingerprint density at radius 2 is 1.64 bits per heavy atom. The van der Waals surface area contributed by atoms with Crippen LogP contribution < -0.4 is 0 Å². The standard InChI is InChI=1S/C33H54O3/c1-9-27(35)36-22-18-29(4,5)25-13-14-32(8)26(30(25,6)19-22)11-10-24-28-23(21(2)3)12-15-33(28,20-34)17-16-31(24,32)7/h22-26,28,34H,2,9-20H2,1,3-8H3/t22-,23+,24?,25?,26?,28?,30+,31-,32-,33-/m1/s1. The molecule has 5 saturated carbocycles. The van der Waals surface area contributed by atoms with Crippen LogP contribution in [0.15, 0.2) is 12.2 Å². The fourth-order valence-electron chi connectivity index (χ4n) is 12.1. The van der Waals surface area contributed by atoms with Crippen molar-refractivity contribution in [3.63, 3.8) is 0 Å². The Hall–Kier alpha value is -0.830. The van der Waals surface area contributed by atoms with E-state index in [1.807, 2.05) is 6.92 Å². The van der Waals surface area contributed by atoms with Crippen LogP contribution in [0.1, 0.15) is 119 Å². The molecule has 5 rings (SSSR count). The first-order valence-electron chi connectivity index (χ1n) is 15.2. The second-order valence-corrected chi connectivity index (χ2v) is 15.6. The Morgan fingerprint density at radius 1 is 0.917 bits per heavy atom. The molecule has 5 aliphatic carbocycles. The Kier molecular flexibility index (Phi) is 6.38. The lowest BCUT2D eigenvalue weighted by atomic mass is 9.32. The summed E-state index contributed by atoms with van der Waals surface area (Å²) < 4.78 is 6.08. The Morgan fingerprint density at radius 3 is 2.28 bits per heavy atom. The highest BCUT2D eigenvalue weighted by molar-refractivity contribution is 5.69. The summed E-state index contributed by atoms with van der Waals surface area (Å²) in [5.74, 6) is 3.15. The van der Waals surface area contributed by atoms with Gasteiger partial charge in [-0.25, -0.2) is 0 Å². The van der Waals surface area contributed by atoms with Crippen LogP contribution in [0.5, 0.6) is 0 Å². The van der Waals surface area contributed by atoms with Gasteiger partial charge in [0.05, 0.1) is 0 Å². The van der Waals surface area contributed by atoms with Gasteiger partial charge in [0.25, 0.3) is 0 Å². The summed E-state index contributed by atoms with van der Waals surface area (Å²) in [6.45, 7) is 21.8. The van der Waals surface area contributed by atoms with Gasteiger partial charge in [-0.2, -0.15) is 0 Å². The molecule has 0 aromatic heterocycles. The third-order valence-corrected chi connectivity index (χ3v) is 13.8.